The molecule has 1 aromatic carbocycles. The Hall–Kier alpha value is -0.830. The van der Waals surface area contributed by atoms with Gasteiger partial charge in [0.1, 0.15) is 0 Å². The van der Waals surface area contributed by atoms with Crippen molar-refractivity contribution in [3.05, 3.63) is 56.2 Å². The highest BCUT2D eigenvalue weighted by molar-refractivity contribution is 7.12. The van der Waals surface area contributed by atoms with E-state index >= 15 is 0 Å². The van der Waals surface area contributed by atoms with Crippen LogP contribution < -0.4 is 5.32 Å². The molecule has 1 aromatic heterocycles. The van der Waals surface area contributed by atoms with Gasteiger partial charge >= 0.3 is 0 Å². The van der Waals surface area contributed by atoms with Crippen molar-refractivity contribution in [2.45, 2.75) is 52.6 Å². The van der Waals surface area contributed by atoms with Crippen LogP contribution in [0.25, 0.3) is 0 Å². The zero-order valence-electron chi connectivity index (χ0n) is 13.2. The number of hydrogen-bond acceptors (Lipinski definition) is 2. The van der Waals surface area contributed by atoms with E-state index in [1.807, 2.05) is 23.5 Å². The van der Waals surface area contributed by atoms with E-state index in [4.69, 9.17) is 11.6 Å². The zero-order chi connectivity index (χ0) is 15.4. The summed E-state index contributed by atoms with van der Waals surface area (Å²) in [6.07, 6.45) is 2.29. The second kappa shape index (κ2) is 7.44. The first-order valence-electron chi connectivity index (χ1n) is 7.59. The minimum atomic E-state index is 0.363. The van der Waals surface area contributed by atoms with Crippen LogP contribution in [0, 0.1) is 13.8 Å². The van der Waals surface area contributed by atoms with Crippen LogP contribution in [0.4, 0.5) is 0 Å². The molecule has 2 unspecified atom stereocenters. The van der Waals surface area contributed by atoms with Gasteiger partial charge in [0, 0.05) is 26.9 Å². The molecule has 2 aromatic rings. The van der Waals surface area contributed by atoms with Crippen molar-refractivity contribution >= 4 is 22.9 Å². The quantitative estimate of drug-likeness (QED) is 0.666. The Morgan fingerprint density at radius 3 is 2.38 bits per heavy atom. The smallest absolute Gasteiger partial charge is 0.0406 e. The first-order valence-corrected chi connectivity index (χ1v) is 8.79. The molecule has 0 fully saturated rings. The summed E-state index contributed by atoms with van der Waals surface area (Å²) < 4.78 is 0. The van der Waals surface area contributed by atoms with Crippen molar-refractivity contribution in [3.63, 3.8) is 0 Å². The van der Waals surface area contributed by atoms with E-state index in [0.29, 0.717) is 12.1 Å². The molecule has 1 N–H and O–H groups in total. The van der Waals surface area contributed by atoms with Crippen LogP contribution in [0.5, 0.6) is 0 Å². The molecule has 0 amide bonds. The fraction of sp³-hybridized carbons (Fsp3) is 0.444. The molecule has 0 saturated heterocycles. The highest BCUT2D eigenvalue weighted by Gasteiger charge is 2.17. The zero-order valence-corrected chi connectivity index (χ0v) is 14.8. The SMILES string of the molecule is CCCC(NC(C)c1cc(C)sc1C)c1ccc(Cl)cc1. The average Bonchev–Trinajstić information content (AvgIpc) is 2.78. The molecule has 3 heteroatoms. The van der Waals surface area contributed by atoms with Crippen LogP contribution in [0.15, 0.2) is 30.3 Å². The Labute approximate surface area is 137 Å². The number of thiophene rings is 1. The lowest BCUT2D eigenvalue weighted by molar-refractivity contribution is 0.439. The van der Waals surface area contributed by atoms with Gasteiger partial charge in [0.05, 0.1) is 0 Å². The van der Waals surface area contributed by atoms with Crippen molar-refractivity contribution in [2.24, 2.45) is 0 Å². The standard InChI is InChI=1S/C18H24ClNS/c1-5-6-18(15-7-9-16(19)10-8-15)20-13(3)17-11-12(2)21-14(17)4/h7-11,13,18,20H,5-6H2,1-4H3. The lowest BCUT2D eigenvalue weighted by atomic mass is 10.00. The molecule has 1 heterocycles. The van der Waals surface area contributed by atoms with E-state index in [-0.39, 0.29) is 0 Å². The summed E-state index contributed by atoms with van der Waals surface area (Å²) in [6, 6.07) is 11.3. The molecule has 0 aliphatic rings. The van der Waals surface area contributed by atoms with E-state index in [2.05, 4.69) is 51.2 Å². The third kappa shape index (κ3) is 4.32. The molecule has 0 radical (unpaired) electrons. The van der Waals surface area contributed by atoms with Crippen molar-refractivity contribution in [2.75, 3.05) is 0 Å². The molecule has 0 spiro atoms. The van der Waals surface area contributed by atoms with Crippen LogP contribution in [0.1, 0.15) is 59.7 Å². The van der Waals surface area contributed by atoms with E-state index in [0.717, 1.165) is 17.9 Å². The van der Waals surface area contributed by atoms with E-state index in [1.54, 1.807) is 0 Å². The van der Waals surface area contributed by atoms with Crippen LogP contribution in [0.2, 0.25) is 5.02 Å². The summed E-state index contributed by atoms with van der Waals surface area (Å²) in [5.74, 6) is 0. The number of benzene rings is 1. The van der Waals surface area contributed by atoms with Gasteiger partial charge in [-0.1, -0.05) is 37.1 Å². The van der Waals surface area contributed by atoms with E-state index < -0.39 is 0 Å². The normalized spacial score (nSPS) is 14.1. The maximum Gasteiger partial charge on any atom is 0.0406 e. The van der Waals surface area contributed by atoms with Crippen molar-refractivity contribution in [1.29, 1.82) is 0 Å². The van der Waals surface area contributed by atoms with Crippen molar-refractivity contribution in [1.82, 2.24) is 5.32 Å². The first-order chi connectivity index (χ1) is 10.0. The molecule has 0 aliphatic carbocycles. The second-order valence-corrected chi connectivity index (χ2v) is 7.55. The number of halogens is 1. The van der Waals surface area contributed by atoms with Gasteiger partial charge in [-0.15, -0.1) is 11.3 Å². The monoisotopic (exact) mass is 321 g/mol. The molecule has 0 saturated carbocycles. The Kier molecular flexibility index (Phi) is 5.86. The topological polar surface area (TPSA) is 12.0 Å². The molecule has 0 aliphatic heterocycles. The predicted octanol–water partition coefficient (Wildman–Crippen LogP) is 6.21. The third-order valence-electron chi connectivity index (χ3n) is 3.85. The molecular weight excluding hydrogens is 298 g/mol. The Morgan fingerprint density at radius 2 is 1.86 bits per heavy atom. The largest absolute Gasteiger partial charge is 0.303 e. The Bertz CT molecular complexity index is 573. The predicted molar refractivity (Wildman–Crippen MR) is 94.4 cm³/mol. The summed E-state index contributed by atoms with van der Waals surface area (Å²) >= 11 is 7.88. The maximum atomic E-state index is 6.00. The van der Waals surface area contributed by atoms with Gasteiger partial charge in [-0.2, -0.15) is 0 Å². The average molecular weight is 322 g/mol. The molecule has 2 atom stereocenters. The third-order valence-corrected chi connectivity index (χ3v) is 5.08. The summed E-state index contributed by atoms with van der Waals surface area (Å²) in [6.45, 7) is 8.88. The Morgan fingerprint density at radius 1 is 1.19 bits per heavy atom. The lowest BCUT2D eigenvalue weighted by Gasteiger charge is -2.24. The van der Waals surface area contributed by atoms with E-state index in [9.17, 15) is 0 Å². The fourth-order valence-corrected chi connectivity index (χ4v) is 3.95. The lowest BCUT2D eigenvalue weighted by Crippen LogP contribution is -2.24. The molecule has 21 heavy (non-hydrogen) atoms. The number of aryl methyl sites for hydroxylation is 2. The van der Waals surface area contributed by atoms with Crippen LogP contribution in [-0.2, 0) is 0 Å². The van der Waals surface area contributed by atoms with Crippen LogP contribution in [-0.4, -0.2) is 0 Å². The minimum absolute atomic E-state index is 0.363. The molecule has 1 nitrogen and oxygen atoms in total. The number of rotatable bonds is 6. The number of hydrogen-bond donors (Lipinski definition) is 1. The van der Waals surface area contributed by atoms with Crippen molar-refractivity contribution < 1.29 is 0 Å². The molecular formula is C18H24ClNS. The highest BCUT2D eigenvalue weighted by atomic mass is 35.5. The van der Waals surface area contributed by atoms with Gasteiger partial charge in [0.2, 0.25) is 0 Å². The second-order valence-electron chi connectivity index (χ2n) is 5.65. The fourth-order valence-electron chi connectivity index (χ4n) is 2.80. The van der Waals surface area contributed by atoms with Crippen molar-refractivity contribution in [3.8, 4) is 0 Å². The summed E-state index contributed by atoms with van der Waals surface area (Å²) in [5.41, 5.74) is 2.74. The van der Waals surface area contributed by atoms with Gasteiger partial charge in [0.15, 0.2) is 0 Å². The van der Waals surface area contributed by atoms with E-state index in [1.165, 1.54) is 20.9 Å². The summed E-state index contributed by atoms with van der Waals surface area (Å²) in [4.78, 5) is 2.80. The van der Waals surface area contributed by atoms with Gasteiger partial charge in [-0.25, -0.2) is 0 Å². The number of nitrogens with one attached hydrogen (secondary N) is 1. The summed E-state index contributed by atoms with van der Waals surface area (Å²) in [7, 11) is 0. The minimum Gasteiger partial charge on any atom is -0.303 e. The Balaban J connectivity index is 2.15. The van der Waals surface area contributed by atoms with Gasteiger partial charge in [-0.3, -0.25) is 0 Å². The highest BCUT2D eigenvalue weighted by Crippen LogP contribution is 2.29. The first kappa shape index (κ1) is 16.5. The molecule has 114 valence electrons. The molecule has 0 bridgehead atoms. The van der Waals surface area contributed by atoms with Gasteiger partial charge < -0.3 is 5.32 Å². The van der Waals surface area contributed by atoms with Crippen LogP contribution in [0.3, 0.4) is 0 Å². The molecule has 2 rings (SSSR count). The van der Waals surface area contributed by atoms with Crippen LogP contribution >= 0.6 is 22.9 Å². The summed E-state index contributed by atoms with van der Waals surface area (Å²) in [5, 5.41) is 4.59. The van der Waals surface area contributed by atoms with Gasteiger partial charge in [0.25, 0.3) is 0 Å². The maximum absolute atomic E-state index is 6.00. The van der Waals surface area contributed by atoms with Gasteiger partial charge in [-0.05, 0) is 56.5 Å².